The van der Waals surface area contributed by atoms with Crippen LogP contribution in [0.1, 0.15) is 29.2 Å². The zero-order chi connectivity index (χ0) is 21.6. The smallest absolute Gasteiger partial charge is 0.264 e. The van der Waals surface area contributed by atoms with Crippen LogP contribution < -0.4 is 10.1 Å². The van der Waals surface area contributed by atoms with Crippen molar-refractivity contribution in [2.24, 2.45) is 4.99 Å². The Morgan fingerprint density at radius 1 is 1.00 bits per heavy atom. The van der Waals surface area contributed by atoms with E-state index in [2.05, 4.69) is 60.6 Å². The molecule has 0 spiro atoms. The van der Waals surface area contributed by atoms with Gasteiger partial charge in [0.25, 0.3) is 5.91 Å². The van der Waals surface area contributed by atoms with Gasteiger partial charge in [0, 0.05) is 0 Å². The van der Waals surface area contributed by atoms with Gasteiger partial charge in [-0.3, -0.25) is 4.79 Å². The Hall–Kier alpha value is -3.31. The van der Waals surface area contributed by atoms with Gasteiger partial charge in [0.2, 0.25) is 0 Å². The minimum atomic E-state index is -0.139. The number of benzene rings is 3. The Morgan fingerprint density at radius 3 is 2.48 bits per heavy atom. The first-order chi connectivity index (χ1) is 15.1. The van der Waals surface area contributed by atoms with Gasteiger partial charge in [-0.15, -0.1) is 0 Å². The molecule has 1 N–H and O–H groups in total. The number of aryl methyl sites for hydroxylation is 2. The largest absolute Gasteiger partial charge is 0.489 e. The molecule has 1 aliphatic heterocycles. The van der Waals surface area contributed by atoms with Gasteiger partial charge in [0.1, 0.15) is 12.4 Å². The number of rotatable bonds is 6. The van der Waals surface area contributed by atoms with Gasteiger partial charge in [-0.2, -0.15) is 0 Å². The lowest BCUT2D eigenvalue weighted by Gasteiger charge is -2.07. The second kappa shape index (κ2) is 9.67. The Morgan fingerprint density at radius 2 is 1.74 bits per heavy atom. The number of amides is 1. The molecule has 1 amide bonds. The second-order valence-electron chi connectivity index (χ2n) is 7.35. The summed E-state index contributed by atoms with van der Waals surface area (Å²) in [6.45, 7) is 4.69. The van der Waals surface area contributed by atoms with E-state index in [0.717, 1.165) is 29.0 Å². The van der Waals surface area contributed by atoms with Crippen LogP contribution in [0.2, 0.25) is 0 Å². The third-order valence-electron chi connectivity index (χ3n) is 4.91. The SMILES string of the molecule is CCc1ccc(N=C2NC(=O)C(=Cc3cccc(OCc4ccc(C)cc4)c3)S2)cc1. The monoisotopic (exact) mass is 428 g/mol. The number of carbonyl (C=O) groups is 1. The number of aliphatic imine (C=N–C) groups is 1. The van der Waals surface area contributed by atoms with Crippen molar-refractivity contribution in [3.63, 3.8) is 0 Å². The molecule has 156 valence electrons. The molecule has 0 radical (unpaired) electrons. The number of amidine groups is 1. The zero-order valence-corrected chi connectivity index (χ0v) is 18.4. The van der Waals surface area contributed by atoms with Gasteiger partial charge in [-0.05, 0) is 72.1 Å². The molecule has 5 heteroatoms. The molecule has 0 aliphatic carbocycles. The van der Waals surface area contributed by atoms with E-state index in [1.165, 1.54) is 22.9 Å². The van der Waals surface area contributed by atoms with E-state index in [-0.39, 0.29) is 5.91 Å². The lowest BCUT2D eigenvalue weighted by Crippen LogP contribution is -2.19. The summed E-state index contributed by atoms with van der Waals surface area (Å²) in [7, 11) is 0. The minimum Gasteiger partial charge on any atom is -0.489 e. The fourth-order valence-corrected chi connectivity index (χ4v) is 3.94. The topological polar surface area (TPSA) is 50.7 Å². The number of nitrogens with one attached hydrogen (secondary N) is 1. The number of hydrogen-bond acceptors (Lipinski definition) is 4. The third-order valence-corrected chi connectivity index (χ3v) is 5.82. The Labute approximate surface area is 187 Å². The van der Waals surface area contributed by atoms with Crippen LogP contribution >= 0.6 is 11.8 Å². The molecule has 0 unspecified atom stereocenters. The van der Waals surface area contributed by atoms with E-state index >= 15 is 0 Å². The van der Waals surface area contributed by atoms with Crippen LogP contribution in [0, 0.1) is 6.92 Å². The van der Waals surface area contributed by atoms with Crippen molar-refractivity contribution in [1.82, 2.24) is 5.32 Å². The summed E-state index contributed by atoms with van der Waals surface area (Å²) in [5, 5.41) is 3.43. The van der Waals surface area contributed by atoms with Crippen LogP contribution in [-0.2, 0) is 17.8 Å². The Balaban J connectivity index is 1.44. The van der Waals surface area contributed by atoms with E-state index < -0.39 is 0 Å². The minimum absolute atomic E-state index is 0.139. The zero-order valence-electron chi connectivity index (χ0n) is 17.6. The van der Waals surface area contributed by atoms with Crippen LogP contribution in [0.3, 0.4) is 0 Å². The van der Waals surface area contributed by atoms with E-state index in [4.69, 9.17) is 4.74 Å². The first-order valence-electron chi connectivity index (χ1n) is 10.3. The van der Waals surface area contributed by atoms with Crippen molar-refractivity contribution in [1.29, 1.82) is 0 Å². The van der Waals surface area contributed by atoms with E-state index in [1.54, 1.807) is 0 Å². The van der Waals surface area contributed by atoms with E-state index in [1.807, 2.05) is 42.5 Å². The molecule has 1 heterocycles. The average molecular weight is 429 g/mol. The Kier molecular flexibility index (Phi) is 6.53. The van der Waals surface area contributed by atoms with Crippen molar-refractivity contribution in [2.75, 3.05) is 0 Å². The predicted octanol–water partition coefficient (Wildman–Crippen LogP) is 6.03. The summed E-state index contributed by atoms with van der Waals surface area (Å²) in [5.74, 6) is 0.628. The average Bonchev–Trinajstić information content (AvgIpc) is 3.12. The molecule has 4 rings (SSSR count). The summed E-state index contributed by atoms with van der Waals surface area (Å²) in [6, 6.07) is 24.1. The molecule has 0 atom stereocenters. The lowest BCUT2D eigenvalue weighted by atomic mass is 10.1. The van der Waals surface area contributed by atoms with Gasteiger partial charge < -0.3 is 10.1 Å². The lowest BCUT2D eigenvalue weighted by molar-refractivity contribution is -0.115. The molecular weight excluding hydrogens is 404 g/mol. The summed E-state index contributed by atoms with van der Waals surface area (Å²) in [6.07, 6.45) is 2.85. The molecule has 1 saturated heterocycles. The van der Waals surface area contributed by atoms with Crippen LogP contribution in [0.5, 0.6) is 5.75 Å². The standard InChI is InChI=1S/C26H24N2O2S/c1-3-19-11-13-22(14-12-19)27-26-28-25(29)24(31-26)16-21-5-4-6-23(15-21)30-17-20-9-7-18(2)8-10-20/h4-16H,3,17H2,1-2H3,(H,27,28,29). The molecule has 1 fully saturated rings. The van der Waals surface area contributed by atoms with Gasteiger partial charge in [0.15, 0.2) is 5.17 Å². The maximum Gasteiger partial charge on any atom is 0.264 e. The quantitative estimate of drug-likeness (QED) is 0.488. The van der Waals surface area contributed by atoms with Crippen molar-refractivity contribution < 1.29 is 9.53 Å². The molecule has 0 saturated carbocycles. The van der Waals surface area contributed by atoms with Crippen molar-refractivity contribution in [3.05, 3.63) is 100.0 Å². The first-order valence-corrected chi connectivity index (χ1v) is 11.1. The molecule has 0 bridgehead atoms. The van der Waals surface area contributed by atoms with Crippen molar-refractivity contribution in [2.45, 2.75) is 26.9 Å². The molecule has 4 nitrogen and oxygen atoms in total. The highest BCUT2D eigenvalue weighted by Gasteiger charge is 2.23. The summed E-state index contributed by atoms with van der Waals surface area (Å²) >= 11 is 1.35. The Bertz CT molecular complexity index is 1130. The van der Waals surface area contributed by atoms with Crippen molar-refractivity contribution >= 4 is 34.6 Å². The predicted molar refractivity (Wildman–Crippen MR) is 129 cm³/mol. The number of hydrogen-bond donors (Lipinski definition) is 1. The fourth-order valence-electron chi connectivity index (χ4n) is 3.10. The first kappa shape index (κ1) is 20.9. The highest BCUT2D eigenvalue weighted by Crippen LogP contribution is 2.29. The van der Waals surface area contributed by atoms with Crippen LogP contribution in [0.4, 0.5) is 5.69 Å². The molecule has 0 aromatic heterocycles. The molecule has 31 heavy (non-hydrogen) atoms. The highest BCUT2D eigenvalue weighted by molar-refractivity contribution is 8.18. The highest BCUT2D eigenvalue weighted by atomic mass is 32.2. The van der Waals surface area contributed by atoms with Crippen LogP contribution in [-0.4, -0.2) is 11.1 Å². The van der Waals surface area contributed by atoms with Crippen LogP contribution in [0.15, 0.2) is 82.7 Å². The van der Waals surface area contributed by atoms with Crippen LogP contribution in [0.25, 0.3) is 6.08 Å². The van der Waals surface area contributed by atoms with Gasteiger partial charge in [-0.25, -0.2) is 4.99 Å². The number of nitrogens with zero attached hydrogens (tertiary/aromatic N) is 1. The molecule has 3 aromatic rings. The van der Waals surface area contributed by atoms with Gasteiger partial charge in [-0.1, -0.05) is 61.0 Å². The van der Waals surface area contributed by atoms with Gasteiger partial charge >= 0.3 is 0 Å². The summed E-state index contributed by atoms with van der Waals surface area (Å²) in [4.78, 5) is 17.5. The normalized spacial score (nSPS) is 16.0. The van der Waals surface area contributed by atoms with Crippen molar-refractivity contribution in [3.8, 4) is 5.75 Å². The number of thioether (sulfide) groups is 1. The van der Waals surface area contributed by atoms with Gasteiger partial charge in [0.05, 0.1) is 10.6 Å². The number of ether oxygens (including phenoxy) is 1. The number of carbonyl (C=O) groups excluding carboxylic acids is 1. The third kappa shape index (κ3) is 5.64. The maximum absolute atomic E-state index is 12.4. The second-order valence-corrected chi connectivity index (χ2v) is 8.38. The molecule has 1 aliphatic rings. The summed E-state index contributed by atoms with van der Waals surface area (Å²) < 4.78 is 5.92. The molecular formula is C26H24N2O2S. The fraction of sp³-hybridized carbons (Fsp3) is 0.154. The molecule has 3 aromatic carbocycles. The van der Waals surface area contributed by atoms with E-state index in [0.29, 0.717) is 16.7 Å². The summed E-state index contributed by atoms with van der Waals surface area (Å²) in [5.41, 5.74) is 5.34. The van der Waals surface area contributed by atoms with E-state index in [9.17, 15) is 4.79 Å². The maximum atomic E-state index is 12.4.